The standard InChI is InChI=1S/C32H45FN6O5/c1-21(2)28-36-30(44-37-28)38-15-12-22(13-16-38)8-7-17-42-25-11-10-23(26(33)19-25)18-27(35-31(41)43-32(3,4)5)29(40)39-14-6-9-24(39)20-34/h10-11,19,21-22,24,27H,6-9,12-18H2,1-5H3,(H,35,41)/t24?,27-/m0/s1. The van der Waals surface area contributed by atoms with E-state index in [-0.39, 0.29) is 17.9 Å². The molecule has 0 bridgehead atoms. The molecule has 2 fully saturated rings. The molecule has 0 radical (unpaired) electrons. The summed E-state index contributed by atoms with van der Waals surface area (Å²) >= 11 is 0. The molecule has 2 amide bonds. The topological polar surface area (TPSA) is 134 Å². The van der Waals surface area contributed by atoms with Crippen LogP contribution in [0.5, 0.6) is 5.75 Å². The zero-order valence-corrected chi connectivity index (χ0v) is 26.5. The monoisotopic (exact) mass is 612 g/mol. The van der Waals surface area contributed by atoms with E-state index in [2.05, 4.69) is 26.4 Å². The van der Waals surface area contributed by atoms with E-state index < -0.39 is 35.5 Å². The summed E-state index contributed by atoms with van der Waals surface area (Å²) in [4.78, 5) is 34.0. The van der Waals surface area contributed by atoms with E-state index in [0.29, 0.717) is 43.7 Å². The summed E-state index contributed by atoms with van der Waals surface area (Å²) in [5, 5.41) is 16.1. The normalized spacial score (nSPS) is 18.3. The fourth-order valence-electron chi connectivity index (χ4n) is 5.58. The number of halogens is 1. The van der Waals surface area contributed by atoms with Gasteiger partial charge < -0.3 is 29.1 Å². The molecular formula is C32H45FN6O5. The molecule has 44 heavy (non-hydrogen) atoms. The highest BCUT2D eigenvalue weighted by molar-refractivity contribution is 5.86. The summed E-state index contributed by atoms with van der Waals surface area (Å²) in [7, 11) is 0. The van der Waals surface area contributed by atoms with Crippen molar-refractivity contribution in [2.24, 2.45) is 5.92 Å². The third-order valence-electron chi connectivity index (χ3n) is 7.98. The molecule has 0 spiro atoms. The second-order valence-electron chi connectivity index (χ2n) is 13.0. The van der Waals surface area contributed by atoms with Crippen molar-refractivity contribution in [2.45, 2.75) is 103 Å². The summed E-state index contributed by atoms with van der Waals surface area (Å²) in [6.07, 6.45) is 4.33. The van der Waals surface area contributed by atoms with Gasteiger partial charge in [-0.15, -0.1) is 0 Å². The van der Waals surface area contributed by atoms with Crippen LogP contribution in [0.3, 0.4) is 0 Å². The lowest BCUT2D eigenvalue weighted by molar-refractivity contribution is -0.133. The zero-order valence-electron chi connectivity index (χ0n) is 26.5. The van der Waals surface area contributed by atoms with Crippen LogP contribution in [-0.2, 0) is 16.0 Å². The first-order valence-corrected chi connectivity index (χ1v) is 15.6. The van der Waals surface area contributed by atoms with Crippen LogP contribution < -0.4 is 15.0 Å². The molecule has 2 aliphatic rings. The summed E-state index contributed by atoms with van der Waals surface area (Å²) in [5.41, 5.74) is -0.512. The predicted molar refractivity (Wildman–Crippen MR) is 162 cm³/mol. The minimum Gasteiger partial charge on any atom is -0.493 e. The van der Waals surface area contributed by atoms with Crippen LogP contribution in [-0.4, -0.2) is 71.0 Å². The first kappa shape index (κ1) is 33.0. The number of nitrogens with zero attached hydrogens (tertiary/aromatic N) is 5. The van der Waals surface area contributed by atoms with Gasteiger partial charge in [-0.25, -0.2) is 9.18 Å². The summed E-state index contributed by atoms with van der Waals surface area (Å²) < 4.78 is 31.8. The van der Waals surface area contributed by atoms with Crippen molar-refractivity contribution in [1.29, 1.82) is 5.26 Å². The third kappa shape index (κ3) is 9.07. The van der Waals surface area contributed by atoms with Crippen molar-refractivity contribution < 1.29 is 28.0 Å². The number of carbonyl (C=O) groups excluding carboxylic acids is 2. The fourth-order valence-corrected chi connectivity index (χ4v) is 5.58. The van der Waals surface area contributed by atoms with Gasteiger partial charge in [0.25, 0.3) is 0 Å². The van der Waals surface area contributed by atoms with Gasteiger partial charge in [0.1, 0.15) is 29.3 Å². The Labute approximate surface area is 259 Å². The summed E-state index contributed by atoms with van der Waals surface area (Å²) in [6.45, 7) is 11.9. The van der Waals surface area contributed by atoms with E-state index >= 15 is 4.39 Å². The molecule has 4 rings (SSSR count). The molecule has 2 saturated heterocycles. The number of nitrogens with one attached hydrogen (secondary N) is 1. The number of likely N-dealkylation sites (tertiary alicyclic amines) is 1. The Balaban J connectivity index is 1.27. The highest BCUT2D eigenvalue weighted by Crippen LogP contribution is 2.27. The van der Waals surface area contributed by atoms with Crippen molar-refractivity contribution in [3.8, 4) is 11.8 Å². The van der Waals surface area contributed by atoms with E-state index in [4.69, 9.17) is 14.0 Å². The number of hydrogen-bond acceptors (Lipinski definition) is 9. The van der Waals surface area contributed by atoms with E-state index in [9.17, 15) is 14.9 Å². The number of ether oxygens (including phenoxy) is 2. The largest absolute Gasteiger partial charge is 0.493 e. The van der Waals surface area contributed by atoms with Crippen LogP contribution in [0.4, 0.5) is 15.2 Å². The molecule has 1 aromatic carbocycles. The zero-order chi connectivity index (χ0) is 31.9. The van der Waals surface area contributed by atoms with Crippen molar-refractivity contribution in [3.63, 3.8) is 0 Å². The average Bonchev–Trinajstić information content (AvgIpc) is 3.66. The molecule has 2 aliphatic heterocycles. The van der Waals surface area contributed by atoms with Gasteiger partial charge >= 0.3 is 12.1 Å². The number of rotatable bonds is 11. The Morgan fingerprint density at radius 3 is 2.59 bits per heavy atom. The van der Waals surface area contributed by atoms with Gasteiger partial charge in [0.2, 0.25) is 5.91 Å². The molecule has 12 heteroatoms. The Kier molecular flexibility index (Phi) is 11.1. The predicted octanol–water partition coefficient (Wildman–Crippen LogP) is 5.36. The molecule has 2 atom stereocenters. The molecule has 0 aliphatic carbocycles. The highest BCUT2D eigenvalue weighted by Gasteiger charge is 2.35. The van der Waals surface area contributed by atoms with Gasteiger partial charge in [0.15, 0.2) is 5.82 Å². The minimum absolute atomic E-state index is 0.0834. The molecule has 1 unspecified atom stereocenters. The summed E-state index contributed by atoms with van der Waals surface area (Å²) in [6, 6.07) is 5.65. The lowest BCUT2D eigenvalue weighted by atomic mass is 9.92. The number of amides is 2. The lowest BCUT2D eigenvalue weighted by Crippen LogP contribution is -2.51. The number of piperidine rings is 1. The second-order valence-corrected chi connectivity index (χ2v) is 13.0. The smallest absolute Gasteiger partial charge is 0.408 e. The van der Waals surface area contributed by atoms with Gasteiger partial charge in [0.05, 0.1) is 12.7 Å². The van der Waals surface area contributed by atoms with Gasteiger partial charge in [-0.2, -0.15) is 10.2 Å². The van der Waals surface area contributed by atoms with Crippen LogP contribution in [0.2, 0.25) is 0 Å². The first-order valence-electron chi connectivity index (χ1n) is 15.6. The minimum atomic E-state index is -1.08. The van der Waals surface area contributed by atoms with Crippen LogP contribution in [0.15, 0.2) is 22.7 Å². The number of benzene rings is 1. The third-order valence-corrected chi connectivity index (χ3v) is 7.98. The molecule has 11 nitrogen and oxygen atoms in total. The fraction of sp³-hybridized carbons (Fsp3) is 0.656. The number of hydrogen-bond donors (Lipinski definition) is 1. The van der Waals surface area contributed by atoms with Crippen molar-refractivity contribution >= 4 is 18.0 Å². The van der Waals surface area contributed by atoms with E-state index in [1.54, 1.807) is 32.9 Å². The molecule has 240 valence electrons. The van der Waals surface area contributed by atoms with Gasteiger partial charge in [-0.1, -0.05) is 25.1 Å². The molecule has 1 N–H and O–H groups in total. The maximum absolute atomic E-state index is 15.2. The van der Waals surface area contributed by atoms with Gasteiger partial charge in [0, 0.05) is 38.0 Å². The molecular weight excluding hydrogens is 567 g/mol. The molecule has 1 aromatic heterocycles. The SMILES string of the molecule is CC(C)c1noc(N2CCC(CCCOc3ccc(C[C@H](NC(=O)OC(C)(C)C)C(=O)N4CCCC4C#N)c(F)c3)CC2)n1. The maximum Gasteiger partial charge on any atom is 0.408 e. The van der Waals surface area contributed by atoms with E-state index in [1.807, 2.05) is 13.8 Å². The maximum atomic E-state index is 15.2. The molecule has 2 aromatic rings. The van der Waals surface area contributed by atoms with Crippen molar-refractivity contribution in [2.75, 3.05) is 31.1 Å². The Hall–Kier alpha value is -3.88. The van der Waals surface area contributed by atoms with E-state index in [1.165, 1.54) is 11.0 Å². The van der Waals surface area contributed by atoms with Crippen molar-refractivity contribution in [3.05, 3.63) is 35.4 Å². The van der Waals surface area contributed by atoms with Crippen LogP contribution in [0.1, 0.15) is 90.4 Å². The second kappa shape index (κ2) is 14.7. The Morgan fingerprint density at radius 1 is 1.20 bits per heavy atom. The van der Waals surface area contributed by atoms with Crippen LogP contribution in [0, 0.1) is 23.1 Å². The van der Waals surface area contributed by atoms with Crippen LogP contribution >= 0.6 is 0 Å². The van der Waals surface area contributed by atoms with Crippen LogP contribution in [0.25, 0.3) is 0 Å². The number of aromatic nitrogens is 2. The number of anilines is 1. The van der Waals surface area contributed by atoms with Gasteiger partial charge in [-0.05, 0) is 76.8 Å². The highest BCUT2D eigenvalue weighted by atomic mass is 19.1. The Bertz CT molecular complexity index is 1310. The number of carbonyl (C=O) groups is 2. The molecule has 0 saturated carbocycles. The number of nitriles is 1. The first-order chi connectivity index (χ1) is 20.9. The lowest BCUT2D eigenvalue weighted by Gasteiger charge is -2.30. The Morgan fingerprint density at radius 2 is 1.95 bits per heavy atom. The van der Waals surface area contributed by atoms with E-state index in [0.717, 1.165) is 44.6 Å². The number of alkyl carbamates (subject to hydrolysis) is 1. The quantitative estimate of drug-likeness (QED) is 0.333. The molecule has 3 heterocycles. The van der Waals surface area contributed by atoms with Gasteiger partial charge in [-0.3, -0.25) is 4.79 Å². The average molecular weight is 613 g/mol. The van der Waals surface area contributed by atoms with Crippen molar-refractivity contribution in [1.82, 2.24) is 20.4 Å². The summed E-state index contributed by atoms with van der Waals surface area (Å²) in [5.74, 6) is 0.983.